The molecule has 0 saturated carbocycles. The lowest BCUT2D eigenvalue weighted by molar-refractivity contribution is 0.1000. The second-order valence-corrected chi connectivity index (χ2v) is 4.93. The fourth-order valence-corrected chi connectivity index (χ4v) is 2.86. The Kier molecular flexibility index (Phi) is 2.30. The molecule has 1 aromatic carbocycles. The van der Waals surface area contributed by atoms with Gasteiger partial charge in [-0.2, -0.15) is 0 Å². The van der Waals surface area contributed by atoms with Gasteiger partial charge in [0.1, 0.15) is 0 Å². The minimum atomic E-state index is -0.454. The van der Waals surface area contributed by atoms with Crippen LogP contribution in [0, 0.1) is 0 Å². The third kappa shape index (κ3) is 1.66. The number of hydrogen-bond acceptors (Lipinski definition) is 3. The molecule has 0 radical (unpaired) electrons. The molecule has 84 valence electrons. The summed E-state index contributed by atoms with van der Waals surface area (Å²) in [6, 6.07) is 8.04. The number of fused-ring (bicyclic) bond motifs is 3. The second kappa shape index (κ2) is 3.82. The zero-order valence-electron chi connectivity index (χ0n) is 9.01. The van der Waals surface area contributed by atoms with Crippen molar-refractivity contribution in [3.05, 3.63) is 45.8 Å². The van der Waals surface area contributed by atoms with Crippen LogP contribution >= 0.6 is 11.3 Å². The van der Waals surface area contributed by atoms with Crippen molar-refractivity contribution < 1.29 is 4.79 Å². The highest BCUT2D eigenvalue weighted by Crippen LogP contribution is 2.33. The summed E-state index contributed by atoms with van der Waals surface area (Å²) in [6.45, 7) is 0. The van der Waals surface area contributed by atoms with Gasteiger partial charge in [-0.1, -0.05) is 36.4 Å². The average molecular weight is 242 g/mol. The summed E-state index contributed by atoms with van der Waals surface area (Å²) < 4.78 is 0. The molecule has 0 fully saturated rings. The molecule has 2 N–H and O–H groups in total. The largest absolute Gasteiger partial charge is 0.364 e. The third-order valence-electron chi connectivity index (χ3n) is 2.72. The molecule has 17 heavy (non-hydrogen) atoms. The molecule has 0 saturated heterocycles. The van der Waals surface area contributed by atoms with E-state index in [0.29, 0.717) is 5.01 Å². The summed E-state index contributed by atoms with van der Waals surface area (Å²) >= 11 is 1.38. The van der Waals surface area contributed by atoms with E-state index in [1.807, 2.05) is 24.3 Å². The molecule has 2 aromatic rings. The van der Waals surface area contributed by atoms with Crippen LogP contribution in [-0.4, -0.2) is 10.9 Å². The maximum atomic E-state index is 11.2. The maximum absolute atomic E-state index is 11.2. The molecule has 3 rings (SSSR count). The van der Waals surface area contributed by atoms with E-state index in [2.05, 4.69) is 17.1 Å². The van der Waals surface area contributed by atoms with Crippen molar-refractivity contribution in [2.45, 2.75) is 6.42 Å². The van der Waals surface area contributed by atoms with Gasteiger partial charge in [0.2, 0.25) is 0 Å². The van der Waals surface area contributed by atoms with E-state index < -0.39 is 5.91 Å². The van der Waals surface area contributed by atoms with Crippen LogP contribution in [0.5, 0.6) is 0 Å². The van der Waals surface area contributed by atoms with E-state index in [1.54, 1.807) is 0 Å². The number of aromatic nitrogens is 1. The Balaban J connectivity index is 2.25. The summed E-state index contributed by atoms with van der Waals surface area (Å²) in [5, 5.41) is 0.389. The number of primary amides is 1. The number of nitrogens with two attached hydrogens (primary N) is 1. The first-order chi connectivity index (χ1) is 8.25. The van der Waals surface area contributed by atoms with Crippen LogP contribution in [0.25, 0.3) is 17.3 Å². The van der Waals surface area contributed by atoms with Gasteiger partial charge in [-0.3, -0.25) is 4.79 Å². The van der Waals surface area contributed by atoms with Crippen LogP contribution in [0.15, 0.2) is 30.3 Å². The summed E-state index contributed by atoms with van der Waals surface area (Å²) in [5.41, 5.74) is 8.37. The van der Waals surface area contributed by atoms with Gasteiger partial charge >= 0.3 is 0 Å². The van der Waals surface area contributed by atoms with Crippen LogP contribution in [0.1, 0.15) is 20.2 Å². The number of thiazole rings is 1. The number of carbonyl (C=O) groups is 1. The normalized spacial score (nSPS) is 12.7. The minimum Gasteiger partial charge on any atom is -0.364 e. The van der Waals surface area contributed by atoms with Gasteiger partial charge in [-0.25, -0.2) is 4.98 Å². The molecule has 3 nitrogen and oxygen atoms in total. The fourth-order valence-electron chi connectivity index (χ4n) is 1.96. The van der Waals surface area contributed by atoms with Crippen molar-refractivity contribution in [1.29, 1.82) is 0 Å². The predicted molar refractivity (Wildman–Crippen MR) is 68.8 cm³/mol. The molecule has 1 aromatic heterocycles. The van der Waals surface area contributed by atoms with Crippen LogP contribution in [0.2, 0.25) is 0 Å². The molecular formula is C13H10N2OS. The van der Waals surface area contributed by atoms with E-state index in [9.17, 15) is 4.79 Å². The van der Waals surface area contributed by atoms with Gasteiger partial charge in [0.15, 0.2) is 5.01 Å². The van der Waals surface area contributed by atoms with Crippen LogP contribution in [0.3, 0.4) is 0 Å². The Morgan fingerprint density at radius 2 is 2.18 bits per heavy atom. The first-order valence-electron chi connectivity index (χ1n) is 5.31. The van der Waals surface area contributed by atoms with Crippen molar-refractivity contribution in [1.82, 2.24) is 4.98 Å². The van der Waals surface area contributed by atoms with Gasteiger partial charge in [0.05, 0.1) is 5.69 Å². The molecule has 4 heteroatoms. The number of hydrogen-bond donors (Lipinski definition) is 1. The summed E-state index contributed by atoms with van der Waals surface area (Å²) in [6.07, 6.45) is 4.98. The topological polar surface area (TPSA) is 56.0 Å². The van der Waals surface area contributed by atoms with Crippen molar-refractivity contribution in [3.8, 4) is 11.3 Å². The highest BCUT2D eigenvalue weighted by Gasteiger charge is 2.18. The lowest BCUT2D eigenvalue weighted by atomic mass is 10.1. The molecular weight excluding hydrogens is 232 g/mol. The predicted octanol–water partition coefficient (Wildman–Crippen LogP) is 2.48. The Hall–Kier alpha value is -1.94. The van der Waals surface area contributed by atoms with E-state index in [-0.39, 0.29) is 0 Å². The highest BCUT2D eigenvalue weighted by molar-refractivity contribution is 7.14. The lowest BCUT2D eigenvalue weighted by Gasteiger charge is -2.01. The average Bonchev–Trinajstić information content (AvgIpc) is 2.67. The maximum Gasteiger partial charge on any atom is 0.277 e. The Bertz CT molecular complexity index is 628. The summed E-state index contributed by atoms with van der Waals surface area (Å²) in [4.78, 5) is 16.6. The van der Waals surface area contributed by atoms with E-state index in [4.69, 9.17) is 5.73 Å². The van der Waals surface area contributed by atoms with E-state index in [1.165, 1.54) is 11.3 Å². The summed E-state index contributed by atoms with van der Waals surface area (Å²) in [5.74, 6) is -0.454. The second-order valence-electron chi connectivity index (χ2n) is 3.85. The Morgan fingerprint density at radius 1 is 1.35 bits per heavy atom. The van der Waals surface area contributed by atoms with Crippen LogP contribution in [0.4, 0.5) is 0 Å². The Labute approximate surface area is 103 Å². The number of carbonyl (C=O) groups excluding carboxylic acids is 1. The van der Waals surface area contributed by atoms with Gasteiger partial charge in [-0.05, 0) is 5.56 Å². The number of allylic oxidation sites excluding steroid dienone is 1. The summed E-state index contributed by atoms with van der Waals surface area (Å²) in [7, 11) is 0. The first kappa shape index (κ1) is 10.2. The fraction of sp³-hybridized carbons (Fsp3) is 0.0769. The number of benzene rings is 1. The minimum absolute atomic E-state index is 0.389. The van der Waals surface area contributed by atoms with Crippen LogP contribution in [-0.2, 0) is 6.42 Å². The number of nitrogens with zero attached hydrogens (tertiary/aromatic N) is 1. The molecule has 0 bridgehead atoms. The van der Waals surface area contributed by atoms with Gasteiger partial charge in [0.25, 0.3) is 5.91 Å². The highest BCUT2D eigenvalue weighted by atomic mass is 32.1. The molecule has 0 aliphatic heterocycles. The zero-order valence-corrected chi connectivity index (χ0v) is 9.83. The molecule has 1 aliphatic carbocycles. The number of rotatable bonds is 1. The zero-order chi connectivity index (χ0) is 11.8. The smallest absolute Gasteiger partial charge is 0.277 e. The van der Waals surface area contributed by atoms with Crippen LogP contribution < -0.4 is 5.73 Å². The number of amides is 1. The van der Waals surface area contributed by atoms with E-state index in [0.717, 1.165) is 28.1 Å². The van der Waals surface area contributed by atoms with Crippen molar-refractivity contribution >= 4 is 23.3 Å². The molecule has 1 heterocycles. The SMILES string of the molecule is NC(=O)c1nc2c(s1)CC=Cc1ccccc1-2. The molecule has 1 aliphatic rings. The Morgan fingerprint density at radius 3 is 3.00 bits per heavy atom. The first-order valence-corrected chi connectivity index (χ1v) is 6.13. The quantitative estimate of drug-likeness (QED) is 0.835. The van der Waals surface area contributed by atoms with Gasteiger partial charge in [0, 0.05) is 16.9 Å². The third-order valence-corrected chi connectivity index (χ3v) is 3.82. The molecule has 0 atom stereocenters. The molecule has 1 amide bonds. The van der Waals surface area contributed by atoms with Gasteiger partial charge < -0.3 is 5.73 Å². The van der Waals surface area contributed by atoms with E-state index >= 15 is 0 Å². The monoisotopic (exact) mass is 242 g/mol. The van der Waals surface area contributed by atoms with Crippen molar-refractivity contribution in [2.75, 3.05) is 0 Å². The molecule has 0 spiro atoms. The molecule has 0 unspecified atom stereocenters. The lowest BCUT2D eigenvalue weighted by Crippen LogP contribution is -2.10. The van der Waals surface area contributed by atoms with Crippen molar-refractivity contribution in [3.63, 3.8) is 0 Å². The van der Waals surface area contributed by atoms with Crippen molar-refractivity contribution in [2.24, 2.45) is 5.73 Å². The standard InChI is InChI=1S/C13H10N2OS/c14-12(16)13-15-11-9-6-2-1-4-8(9)5-3-7-10(11)17-13/h1-6H,7H2,(H2,14,16). The van der Waals surface area contributed by atoms with Gasteiger partial charge in [-0.15, -0.1) is 11.3 Å².